The molecule has 0 amide bonds. The van der Waals surface area contributed by atoms with Crippen LogP contribution in [-0.4, -0.2) is 24.8 Å². The number of rotatable bonds is 9. The fourth-order valence-electron chi connectivity index (χ4n) is 1.51. The first-order valence-electron chi connectivity index (χ1n) is 7.19. The molecule has 2 heteroatoms. The molecule has 0 heterocycles. The van der Waals surface area contributed by atoms with Gasteiger partial charge in [-0.15, -0.1) is 0 Å². The minimum atomic E-state index is 0.260. The largest absolute Gasteiger partial charge is 0.378 e. The van der Waals surface area contributed by atoms with Gasteiger partial charge < -0.3 is 10.1 Å². The lowest BCUT2D eigenvalue weighted by atomic mass is 10.1. The molecule has 1 N–H and O–H groups in total. The average molecular weight is 243 g/mol. The molecule has 0 aromatic heterocycles. The zero-order chi connectivity index (χ0) is 13.3. The molecule has 0 rings (SSSR count). The van der Waals surface area contributed by atoms with Crippen LogP contribution < -0.4 is 5.32 Å². The predicted octanol–water partition coefficient (Wildman–Crippen LogP) is 4.00. The maximum atomic E-state index is 5.75. The standard InChI is InChI=1S/C15H33NO/c1-13(2)14(3)17-12-10-8-7-9-11-16-15(4,5)6/h13-14,16H,7-12H2,1-6H3/t14-/m0/s1. The van der Waals surface area contributed by atoms with E-state index >= 15 is 0 Å². The molecule has 0 saturated heterocycles. The molecule has 0 fully saturated rings. The van der Waals surface area contributed by atoms with Gasteiger partial charge in [-0.3, -0.25) is 0 Å². The minimum absolute atomic E-state index is 0.260. The Bertz CT molecular complexity index is 172. The lowest BCUT2D eigenvalue weighted by Crippen LogP contribution is -2.36. The van der Waals surface area contributed by atoms with Crippen LogP contribution in [0.4, 0.5) is 0 Å². The van der Waals surface area contributed by atoms with Crippen LogP contribution in [0.2, 0.25) is 0 Å². The number of unbranched alkanes of at least 4 members (excludes halogenated alkanes) is 3. The highest BCUT2D eigenvalue weighted by atomic mass is 16.5. The van der Waals surface area contributed by atoms with Crippen molar-refractivity contribution < 1.29 is 4.74 Å². The van der Waals surface area contributed by atoms with E-state index in [4.69, 9.17) is 4.74 Å². The first-order chi connectivity index (χ1) is 7.83. The van der Waals surface area contributed by atoms with Crippen molar-refractivity contribution in [1.82, 2.24) is 5.32 Å². The van der Waals surface area contributed by atoms with Gasteiger partial charge in [0.25, 0.3) is 0 Å². The van der Waals surface area contributed by atoms with Gasteiger partial charge in [0.05, 0.1) is 6.10 Å². The summed E-state index contributed by atoms with van der Waals surface area (Å²) in [7, 11) is 0. The molecular formula is C15H33NO. The SMILES string of the molecule is CC(C)[C@H](C)OCCCCCCNC(C)(C)C. The molecule has 17 heavy (non-hydrogen) atoms. The second-order valence-electron chi connectivity index (χ2n) is 6.41. The quantitative estimate of drug-likeness (QED) is 0.618. The van der Waals surface area contributed by atoms with Crippen molar-refractivity contribution in [3.8, 4) is 0 Å². The van der Waals surface area contributed by atoms with E-state index < -0.39 is 0 Å². The molecule has 0 unspecified atom stereocenters. The van der Waals surface area contributed by atoms with Gasteiger partial charge in [-0.25, -0.2) is 0 Å². The Labute approximate surface area is 109 Å². The van der Waals surface area contributed by atoms with Gasteiger partial charge in [-0.1, -0.05) is 26.7 Å². The monoisotopic (exact) mass is 243 g/mol. The van der Waals surface area contributed by atoms with E-state index in [0.29, 0.717) is 12.0 Å². The highest BCUT2D eigenvalue weighted by molar-refractivity contribution is 4.69. The molecule has 0 aromatic rings. The van der Waals surface area contributed by atoms with Crippen LogP contribution in [0.3, 0.4) is 0 Å². The molecule has 0 bridgehead atoms. The van der Waals surface area contributed by atoms with E-state index in [1.54, 1.807) is 0 Å². The van der Waals surface area contributed by atoms with Crippen LogP contribution in [0.1, 0.15) is 67.2 Å². The third kappa shape index (κ3) is 12.2. The number of hydrogen-bond donors (Lipinski definition) is 1. The molecule has 1 atom stereocenters. The Morgan fingerprint density at radius 3 is 2.06 bits per heavy atom. The number of nitrogens with one attached hydrogen (secondary N) is 1. The lowest BCUT2D eigenvalue weighted by Gasteiger charge is -2.20. The summed E-state index contributed by atoms with van der Waals surface area (Å²) in [6, 6.07) is 0. The fraction of sp³-hybridized carbons (Fsp3) is 1.00. The summed E-state index contributed by atoms with van der Waals surface area (Å²) in [6.45, 7) is 15.3. The van der Waals surface area contributed by atoms with E-state index in [0.717, 1.165) is 13.2 Å². The van der Waals surface area contributed by atoms with Gasteiger partial charge in [0, 0.05) is 12.1 Å². The second-order valence-corrected chi connectivity index (χ2v) is 6.41. The van der Waals surface area contributed by atoms with Gasteiger partial charge in [0.1, 0.15) is 0 Å². The van der Waals surface area contributed by atoms with Crippen LogP contribution in [0.5, 0.6) is 0 Å². The third-order valence-corrected chi connectivity index (χ3v) is 3.05. The molecule has 0 saturated carbocycles. The van der Waals surface area contributed by atoms with Gasteiger partial charge in [0.15, 0.2) is 0 Å². The summed E-state index contributed by atoms with van der Waals surface area (Å²) in [5.41, 5.74) is 0.260. The number of ether oxygens (including phenoxy) is 1. The van der Waals surface area contributed by atoms with Gasteiger partial charge in [-0.05, 0) is 53.0 Å². The maximum Gasteiger partial charge on any atom is 0.0569 e. The molecule has 0 aliphatic rings. The average Bonchev–Trinajstić information content (AvgIpc) is 2.19. The zero-order valence-corrected chi connectivity index (χ0v) is 12.8. The van der Waals surface area contributed by atoms with Crippen LogP contribution in [-0.2, 0) is 4.74 Å². The maximum absolute atomic E-state index is 5.75. The van der Waals surface area contributed by atoms with E-state index in [-0.39, 0.29) is 5.54 Å². The predicted molar refractivity (Wildman–Crippen MR) is 76.5 cm³/mol. The van der Waals surface area contributed by atoms with Crippen molar-refractivity contribution in [2.75, 3.05) is 13.2 Å². The zero-order valence-electron chi connectivity index (χ0n) is 12.8. The van der Waals surface area contributed by atoms with E-state index in [1.165, 1.54) is 25.7 Å². The summed E-state index contributed by atoms with van der Waals surface area (Å²) in [4.78, 5) is 0. The normalized spacial score (nSPS) is 14.3. The molecule has 0 aliphatic carbocycles. The highest BCUT2D eigenvalue weighted by Crippen LogP contribution is 2.07. The van der Waals surface area contributed by atoms with Crippen LogP contribution >= 0.6 is 0 Å². The lowest BCUT2D eigenvalue weighted by molar-refractivity contribution is 0.0331. The molecule has 0 spiro atoms. The fourth-order valence-corrected chi connectivity index (χ4v) is 1.51. The van der Waals surface area contributed by atoms with Crippen molar-refractivity contribution in [3.05, 3.63) is 0 Å². The molecule has 104 valence electrons. The summed E-state index contributed by atoms with van der Waals surface area (Å²) in [5.74, 6) is 0.631. The molecular weight excluding hydrogens is 210 g/mol. The molecule has 2 nitrogen and oxygen atoms in total. The van der Waals surface area contributed by atoms with Crippen molar-refractivity contribution in [2.24, 2.45) is 5.92 Å². The van der Waals surface area contributed by atoms with Gasteiger partial charge in [-0.2, -0.15) is 0 Å². The van der Waals surface area contributed by atoms with Crippen LogP contribution in [0, 0.1) is 5.92 Å². The second kappa shape index (κ2) is 8.93. The molecule has 0 aliphatic heterocycles. The number of hydrogen-bond acceptors (Lipinski definition) is 2. The Kier molecular flexibility index (Phi) is 8.89. The van der Waals surface area contributed by atoms with E-state index in [1.807, 2.05) is 0 Å². The van der Waals surface area contributed by atoms with Gasteiger partial charge >= 0.3 is 0 Å². The summed E-state index contributed by atoms with van der Waals surface area (Å²) in [6.07, 6.45) is 5.47. The van der Waals surface area contributed by atoms with Crippen molar-refractivity contribution in [3.63, 3.8) is 0 Å². The van der Waals surface area contributed by atoms with Crippen LogP contribution in [0.15, 0.2) is 0 Å². The Morgan fingerprint density at radius 2 is 1.53 bits per heavy atom. The Hall–Kier alpha value is -0.0800. The smallest absolute Gasteiger partial charge is 0.0569 e. The molecule has 0 aromatic carbocycles. The van der Waals surface area contributed by atoms with E-state index in [2.05, 4.69) is 46.9 Å². The highest BCUT2D eigenvalue weighted by Gasteiger charge is 2.07. The molecule has 0 radical (unpaired) electrons. The Balaban J connectivity index is 3.19. The van der Waals surface area contributed by atoms with Crippen molar-refractivity contribution in [1.29, 1.82) is 0 Å². The summed E-state index contributed by atoms with van der Waals surface area (Å²) < 4.78 is 5.75. The van der Waals surface area contributed by atoms with Gasteiger partial charge in [0.2, 0.25) is 0 Å². The first-order valence-corrected chi connectivity index (χ1v) is 7.19. The van der Waals surface area contributed by atoms with Crippen molar-refractivity contribution >= 4 is 0 Å². The van der Waals surface area contributed by atoms with E-state index in [9.17, 15) is 0 Å². The van der Waals surface area contributed by atoms with Crippen LogP contribution in [0.25, 0.3) is 0 Å². The Morgan fingerprint density at radius 1 is 0.941 bits per heavy atom. The summed E-state index contributed by atoms with van der Waals surface area (Å²) in [5, 5.41) is 3.51. The third-order valence-electron chi connectivity index (χ3n) is 3.05. The first kappa shape index (κ1) is 16.9. The minimum Gasteiger partial charge on any atom is -0.378 e. The summed E-state index contributed by atoms with van der Waals surface area (Å²) >= 11 is 0. The topological polar surface area (TPSA) is 21.3 Å². The van der Waals surface area contributed by atoms with Crippen molar-refractivity contribution in [2.45, 2.75) is 78.9 Å².